The molecule has 1 aromatic heterocycles. The minimum atomic E-state index is -0.803. The summed E-state index contributed by atoms with van der Waals surface area (Å²) in [7, 11) is 0. The van der Waals surface area contributed by atoms with Gasteiger partial charge in [-0.1, -0.05) is 0 Å². The normalized spacial score (nSPS) is 23.2. The maximum Gasteiger partial charge on any atom is 0.138 e. The molecule has 0 saturated carbocycles. The second kappa shape index (κ2) is 5.39. The SMILES string of the molecule is CCn1ncnc1CC(F)C1CCCNC1. The lowest BCUT2D eigenvalue weighted by molar-refractivity contribution is 0.187. The lowest BCUT2D eigenvalue weighted by Crippen LogP contribution is -2.36. The molecule has 0 bridgehead atoms. The van der Waals surface area contributed by atoms with Gasteiger partial charge >= 0.3 is 0 Å². The van der Waals surface area contributed by atoms with Crippen LogP contribution < -0.4 is 5.32 Å². The minimum absolute atomic E-state index is 0.135. The second-order valence-electron chi connectivity index (χ2n) is 4.32. The van der Waals surface area contributed by atoms with E-state index >= 15 is 0 Å². The van der Waals surface area contributed by atoms with Crippen LogP contribution >= 0.6 is 0 Å². The quantitative estimate of drug-likeness (QED) is 0.838. The summed E-state index contributed by atoms with van der Waals surface area (Å²) >= 11 is 0. The van der Waals surface area contributed by atoms with Crippen LogP contribution in [0, 0.1) is 5.92 Å². The number of hydrogen-bond acceptors (Lipinski definition) is 3. The summed E-state index contributed by atoms with van der Waals surface area (Å²) in [6, 6.07) is 0. The van der Waals surface area contributed by atoms with E-state index in [4.69, 9.17) is 0 Å². The standard InChI is InChI=1S/C11H19FN4/c1-2-16-11(14-8-15-16)6-10(12)9-4-3-5-13-7-9/h8-10,13H,2-7H2,1H3. The van der Waals surface area contributed by atoms with Crippen molar-refractivity contribution in [3.63, 3.8) is 0 Å². The van der Waals surface area contributed by atoms with Crippen molar-refractivity contribution >= 4 is 0 Å². The van der Waals surface area contributed by atoms with Crippen LogP contribution in [0.4, 0.5) is 4.39 Å². The largest absolute Gasteiger partial charge is 0.316 e. The van der Waals surface area contributed by atoms with Crippen LogP contribution in [0.15, 0.2) is 6.33 Å². The molecule has 16 heavy (non-hydrogen) atoms. The van der Waals surface area contributed by atoms with Crippen molar-refractivity contribution < 1.29 is 4.39 Å². The van der Waals surface area contributed by atoms with Gasteiger partial charge in [0.1, 0.15) is 18.3 Å². The molecule has 4 nitrogen and oxygen atoms in total. The van der Waals surface area contributed by atoms with Crippen molar-refractivity contribution in [1.82, 2.24) is 20.1 Å². The summed E-state index contributed by atoms with van der Waals surface area (Å²) in [6.45, 7) is 4.56. The van der Waals surface area contributed by atoms with Crippen molar-refractivity contribution in [2.45, 2.75) is 38.9 Å². The topological polar surface area (TPSA) is 42.7 Å². The van der Waals surface area contributed by atoms with Gasteiger partial charge in [0.2, 0.25) is 0 Å². The minimum Gasteiger partial charge on any atom is -0.316 e. The molecule has 1 fully saturated rings. The predicted octanol–water partition coefficient (Wildman–Crippen LogP) is 1.18. The van der Waals surface area contributed by atoms with Crippen molar-refractivity contribution in [1.29, 1.82) is 0 Å². The smallest absolute Gasteiger partial charge is 0.138 e. The highest BCUT2D eigenvalue weighted by atomic mass is 19.1. The van der Waals surface area contributed by atoms with Gasteiger partial charge in [-0.05, 0) is 26.3 Å². The van der Waals surface area contributed by atoms with Crippen molar-refractivity contribution in [2.75, 3.05) is 13.1 Å². The molecule has 0 aromatic carbocycles. The first-order valence-corrected chi connectivity index (χ1v) is 6.02. The van der Waals surface area contributed by atoms with Gasteiger partial charge < -0.3 is 5.32 Å². The molecule has 1 saturated heterocycles. The molecule has 0 aliphatic carbocycles. The summed E-state index contributed by atoms with van der Waals surface area (Å²) in [4.78, 5) is 4.11. The molecule has 90 valence electrons. The fraction of sp³-hybridized carbons (Fsp3) is 0.818. The van der Waals surface area contributed by atoms with E-state index in [1.54, 1.807) is 4.68 Å². The number of nitrogens with zero attached hydrogens (tertiary/aromatic N) is 3. The highest BCUT2D eigenvalue weighted by Gasteiger charge is 2.24. The summed E-state index contributed by atoms with van der Waals surface area (Å²) in [5.41, 5.74) is 0. The first-order chi connectivity index (χ1) is 7.81. The van der Waals surface area contributed by atoms with Gasteiger partial charge in [-0.25, -0.2) is 9.37 Å². The van der Waals surface area contributed by atoms with Crippen LogP contribution in [-0.4, -0.2) is 34.0 Å². The maximum absolute atomic E-state index is 14.0. The van der Waals surface area contributed by atoms with Gasteiger partial charge in [0.05, 0.1) is 0 Å². The third kappa shape index (κ3) is 2.58. The Morgan fingerprint density at radius 2 is 2.56 bits per heavy atom. The summed E-state index contributed by atoms with van der Waals surface area (Å²) in [5, 5.41) is 7.30. The van der Waals surface area contributed by atoms with Gasteiger partial charge in [-0.2, -0.15) is 5.10 Å². The number of rotatable bonds is 4. The zero-order valence-electron chi connectivity index (χ0n) is 9.69. The molecule has 1 aromatic rings. The molecule has 0 amide bonds. The van der Waals surface area contributed by atoms with Gasteiger partial charge in [0, 0.05) is 25.4 Å². The monoisotopic (exact) mass is 226 g/mol. The van der Waals surface area contributed by atoms with Gasteiger partial charge in [-0.15, -0.1) is 0 Å². The predicted molar refractivity (Wildman–Crippen MR) is 59.9 cm³/mol. The number of hydrogen-bond donors (Lipinski definition) is 1. The van der Waals surface area contributed by atoms with E-state index in [0.29, 0.717) is 6.42 Å². The number of aromatic nitrogens is 3. The Morgan fingerprint density at radius 3 is 3.25 bits per heavy atom. The molecule has 2 heterocycles. The van der Waals surface area contributed by atoms with Crippen molar-refractivity contribution in [2.24, 2.45) is 5.92 Å². The average Bonchev–Trinajstić information content (AvgIpc) is 2.77. The zero-order chi connectivity index (χ0) is 11.4. The van der Waals surface area contributed by atoms with E-state index in [1.165, 1.54) is 6.33 Å². The van der Waals surface area contributed by atoms with Crippen molar-refractivity contribution in [3.05, 3.63) is 12.2 Å². The molecule has 2 unspecified atom stereocenters. The summed E-state index contributed by atoms with van der Waals surface area (Å²) < 4.78 is 15.8. The van der Waals surface area contributed by atoms with Crippen LogP contribution in [0.2, 0.25) is 0 Å². The number of aryl methyl sites for hydroxylation is 1. The fourth-order valence-corrected chi connectivity index (χ4v) is 2.24. The molecular formula is C11H19FN4. The van der Waals surface area contributed by atoms with Crippen LogP contribution in [-0.2, 0) is 13.0 Å². The molecule has 1 aliphatic heterocycles. The molecule has 1 aliphatic rings. The van der Waals surface area contributed by atoms with Crippen LogP contribution in [0.3, 0.4) is 0 Å². The Morgan fingerprint density at radius 1 is 1.69 bits per heavy atom. The third-order valence-electron chi connectivity index (χ3n) is 3.22. The maximum atomic E-state index is 14.0. The number of alkyl halides is 1. The van der Waals surface area contributed by atoms with Crippen LogP contribution in [0.25, 0.3) is 0 Å². The lowest BCUT2D eigenvalue weighted by atomic mass is 9.93. The van der Waals surface area contributed by atoms with E-state index < -0.39 is 6.17 Å². The molecule has 2 rings (SSSR count). The zero-order valence-corrected chi connectivity index (χ0v) is 9.69. The molecule has 2 atom stereocenters. The fourth-order valence-electron chi connectivity index (χ4n) is 2.24. The van der Waals surface area contributed by atoms with E-state index in [1.807, 2.05) is 6.92 Å². The van der Waals surface area contributed by atoms with Gasteiger partial charge in [0.25, 0.3) is 0 Å². The lowest BCUT2D eigenvalue weighted by Gasteiger charge is -2.25. The summed E-state index contributed by atoms with van der Waals surface area (Å²) in [5.74, 6) is 0.899. The highest BCUT2D eigenvalue weighted by molar-refractivity contribution is 4.90. The first-order valence-electron chi connectivity index (χ1n) is 6.02. The Kier molecular flexibility index (Phi) is 3.88. The third-order valence-corrected chi connectivity index (χ3v) is 3.22. The van der Waals surface area contributed by atoms with E-state index in [9.17, 15) is 4.39 Å². The molecular weight excluding hydrogens is 207 g/mol. The highest BCUT2D eigenvalue weighted by Crippen LogP contribution is 2.19. The van der Waals surface area contributed by atoms with Gasteiger partial charge in [0.15, 0.2) is 0 Å². The van der Waals surface area contributed by atoms with E-state index in [0.717, 1.165) is 38.3 Å². The Hall–Kier alpha value is -0.970. The summed E-state index contributed by atoms with van der Waals surface area (Å²) in [6.07, 6.45) is 3.15. The molecule has 1 N–H and O–H groups in total. The Labute approximate surface area is 95.3 Å². The first kappa shape index (κ1) is 11.5. The number of nitrogens with one attached hydrogen (secondary N) is 1. The van der Waals surface area contributed by atoms with Gasteiger partial charge in [-0.3, -0.25) is 4.68 Å². The number of piperidine rings is 1. The van der Waals surface area contributed by atoms with E-state index in [2.05, 4.69) is 15.4 Å². The van der Waals surface area contributed by atoms with E-state index in [-0.39, 0.29) is 5.92 Å². The average molecular weight is 226 g/mol. The molecule has 5 heteroatoms. The second-order valence-corrected chi connectivity index (χ2v) is 4.32. The Balaban J connectivity index is 1.93. The van der Waals surface area contributed by atoms with Crippen molar-refractivity contribution in [3.8, 4) is 0 Å². The molecule has 0 spiro atoms. The number of halogens is 1. The van der Waals surface area contributed by atoms with Crippen LogP contribution in [0.5, 0.6) is 0 Å². The Bertz CT molecular complexity index is 320. The molecule has 0 radical (unpaired) electrons. The van der Waals surface area contributed by atoms with Crippen LogP contribution in [0.1, 0.15) is 25.6 Å².